The van der Waals surface area contributed by atoms with Crippen LogP contribution in [0.15, 0.2) is 60.0 Å². The number of carbonyl (C=O) groups is 1. The van der Waals surface area contributed by atoms with Gasteiger partial charge in [0.05, 0.1) is 23.2 Å². The van der Waals surface area contributed by atoms with Gasteiger partial charge < -0.3 is 9.30 Å². The second kappa shape index (κ2) is 11.0. The van der Waals surface area contributed by atoms with Gasteiger partial charge in [-0.1, -0.05) is 29.0 Å². The molecule has 0 fully saturated rings. The maximum atomic E-state index is 13.5. The van der Waals surface area contributed by atoms with Crippen LogP contribution in [-0.4, -0.2) is 40.4 Å². The van der Waals surface area contributed by atoms with Gasteiger partial charge in [-0.25, -0.2) is 9.97 Å². The first kappa shape index (κ1) is 24.4. The van der Waals surface area contributed by atoms with Crippen LogP contribution in [0.2, 0.25) is 5.02 Å². The van der Waals surface area contributed by atoms with Crippen LogP contribution >= 0.6 is 47.1 Å². The number of thiazole rings is 1. The average Bonchev–Trinajstić information content (AvgIpc) is 3.47. The Balaban J connectivity index is 0.00000289. The van der Waals surface area contributed by atoms with E-state index in [0.29, 0.717) is 33.5 Å². The molecule has 0 aliphatic heterocycles. The summed E-state index contributed by atoms with van der Waals surface area (Å²) in [7, 11) is 1.60. The fraction of sp³-hybridized carbons (Fsp3) is 0.227. The highest BCUT2D eigenvalue weighted by molar-refractivity contribution is 7.98. The summed E-state index contributed by atoms with van der Waals surface area (Å²) in [5, 5.41) is 1.20. The van der Waals surface area contributed by atoms with Crippen molar-refractivity contribution in [2.45, 2.75) is 17.9 Å². The fourth-order valence-corrected chi connectivity index (χ4v) is 4.99. The predicted octanol–water partition coefficient (Wildman–Crippen LogP) is 6.04. The number of hydrogen-bond donors (Lipinski definition) is 0. The molecule has 6 nitrogen and oxygen atoms in total. The molecule has 0 saturated heterocycles. The maximum absolute atomic E-state index is 13.5. The zero-order chi connectivity index (χ0) is 21.8. The number of rotatable bonds is 8. The molecule has 0 aliphatic rings. The van der Waals surface area contributed by atoms with E-state index in [9.17, 15) is 4.79 Å². The maximum Gasteiger partial charge on any atom is 0.260 e. The lowest BCUT2D eigenvalue weighted by Crippen LogP contribution is -2.32. The van der Waals surface area contributed by atoms with Crippen molar-refractivity contribution >= 4 is 68.4 Å². The van der Waals surface area contributed by atoms with Gasteiger partial charge in [-0.05, 0) is 43.0 Å². The summed E-state index contributed by atoms with van der Waals surface area (Å²) in [6, 6.07) is 11.2. The van der Waals surface area contributed by atoms with Crippen molar-refractivity contribution < 1.29 is 9.53 Å². The SMILES string of the molecule is COc1ccc(Cl)c2sc(N(CCCn3ccnc3)C(=O)c3cccc(SC)c3)nc12.Cl. The van der Waals surface area contributed by atoms with Crippen LogP contribution in [-0.2, 0) is 6.54 Å². The Kier molecular flexibility index (Phi) is 8.42. The van der Waals surface area contributed by atoms with Crippen LogP contribution in [0, 0.1) is 0 Å². The predicted molar refractivity (Wildman–Crippen MR) is 135 cm³/mol. The lowest BCUT2D eigenvalue weighted by molar-refractivity contribution is 0.0986. The van der Waals surface area contributed by atoms with Gasteiger partial charge in [-0.3, -0.25) is 9.69 Å². The highest BCUT2D eigenvalue weighted by Crippen LogP contribution is 2.39. The van der Waals surface area contributed by atoms with Gasteiger partial charge >= 0.3 is 0 Å². The van der Waals surface area contributed by atoms with E-state index in [2.05, 4.69) is 4.98 Å². The van der Waals surface area contributed by atoms with Crippen molar-refractivity contribution in [2.75, 3.05) is 24.8 Å². The molecule has 32 heavy (non-hydrogen) atoms. The van der Waals surface area contributed by atoms with E-state index in [1.54, 1.807) is 48.4 Å². The molecule has 0 saturated carbocycles. The number of halogens is 2. The first-order chi connectivity index (χ1) is 15.1. The van der Waals surface area contributed by atoms with Crippen LogP contribution in [0.5, 0.6) is 5.75 Å². The number of fused-ring (bicyclic) bond motifs is 1. The van der Waals surface area contributed by atoms with Crippen LogP contribution in [0.4, 0.5) is 5.13 Å². The number of nitrogens with zero attached hydrogens (tertiary/aromatic N) is 4. The van der Waals surface area contributed by atoms with Gasteiger partial charge in [0, 0.05) is 35.9 Å². The van der Waals surface area contributed by atoms with Crippen LogP contribution in [0.1, 0.15) is 16.8 Å². The molecular weight excluding hydrogens is 487 g/mol. The van der Waals surface area contributed by atoms with Crippen molar-refractivity contribution in [3.63, 3.8) is 0 Å². The molecule has 168 valence electrons. The lowest BCUT2D eigenvalue weighted by atomic mass is 10.2. The summed E-state index contributed by atoms with van der Waals surface area (Å²) in [5.41, 5.74) is 1.30. The van der Waals surface area contributed by atoms with Crippen molar-refractivity contribution in [2.24, 2.45) is 0 Å². The molecule has 0 spiro atoms. The Bertz CT molecular complexity index is 1200. The van der Waals surface area contributed by atoms with Crippen molar-refractivity contribution in [1.82, 2.24) is 14.5 Å². The molecule has 0 unspecified atom stereocenters. The molecule has 0 N–H and O–H groups in total. The molecule has 0 bridgehead atoms. The van der Waals surface area contributed by atoms with Gasteiger partial charge in [0.1, 0.15) is 11.3 Å². The minimum absolute atomic E-state index is 0. The summed E-state index contributed by atoms with van der Waals surface area (Å²) in [6.45, 7) is 1.27. The summed E-state index contributed by atoms with van der Waals surface area (Å²) >= 11 is 9.42. The largest absolute Gasteiger partial charge is 0.494 e. The van der Waals surface area contributed by atoms with Crippen LogP contribution < -0.4 is 9.64 Å². The van der Waals surface area contributed by atoms with Gasteiger partial charge in [0.25, 0.3) is 5.91 Å². The molecule has 2 aromatic carbocycles. The summed E-state index contributed by atoms with van der Waals surface area (Å²) in [5.74, 6) is 0.549. The van der Waals surface area contributed by atoms with Crippen LogP contribution in [0.3, 0.4) is 0 Å². The monoisotopic (exact) mass is 508 g/mol. The number of anilines is 1. The molecule has 10 heteroatoms. The van der Waals surface area contributed by atoms with E-state index in [-0.39, 0.29) is 18.3 Å². The molecule has 2 heterocycles. The number of ether oxygens (including phenoxy) is 1. The number of imidazole rings is 1. The Labute approximate surface area is 206 Å². The molecule has 4 aromatic rings. The lowest BCUT2D eigenvalue weighted by Gasteiger charge is -2.20. The average molecular weight is 509 g/mol. The Morgan fingerprint density at radius 1 is 1.31 bits per heavy atom. The normalized spacial score (nSPS) is 10.7. The number of carbonyl (C=O) groups excluding carboxylic acids is 1. The quantitative estimate of drug-likeness (QED) is 0.271. The summed E-state index contributed by atoms with van der Waals surface area (Å²) in [6.07, 6.45) is 8.19. The van der Waals surface area contributed by atoms with Gasteiger partial charge in [-0.15, -0.1) is 24.2 Å². The smallest absolute Gasteiger partial charge is 0.260 e. The second-order valence-corrected chi connectivity index (χ2v) is 9.03. The van der Waals surface area contributed by atoms with Gasteiger partial charge in [-0.2, -0.15) is 0 Å². The van der Waals surface area contributed by atoms with E-state index >= 15 is 0 Å². The minimum Gasteiger partial charge on any atom is -0.494 e. The summed E-state index contributed by atoms with van der Waals surface area (Å²) < 4.78 is 8.25. The van der Waals surface area contributed by atoms with Crippen molar-refractivity contribution in [3.05, 3.63) is 65.7 Å². The zero-order valence-electron chi connectivity index (χ0n) is 17.5. The number of aromatic nitrogens is 3. The molecule has 2 aromatic heterocycles. The van der Waals surface area contributed by atoms with Crippen molar-refractivity contribution in [3.8, 4) is 5.75 Å². The second-order valence-electron chi connectivity index (χ2n) is 6.77. The van der Waals surface area contributed by atoms with E-state index in [1.807, 2.05) is 41.3 Å². The molecule has 0 radical (unpaired) electrons. The summed E-state index contributed by atoms with van der Waals surface area (Å²) in [4.78, 5) is 25.1. The zero-order valence-corrected chi connectivity index (χ0v) is 20.7. The van der Waals surface area contributed by atoms with E-state index < -0.39 is 0 Å². The number of hydrogen-bond acceptors (Lipinski definition) is 6. The third-order valence-corrected chi connectivity index (χ3v) is 7.08. The number of amides is 1. The topological polar surface area (TPSA) is 60.2 Å². The van der Waals surface area contributed by atoms with E-state index in [0.717, 1.165) is 22.6 Å². The molecule has 0 aliphatic carbocycles. The molecular formula is C22H22Cl2N4O2S2. The number of aryl methyl sites for hydroxylation is 1. The Morgan fingerprint density at radius 2 is 2.16 bits per heavy atom. The highest BCUT2D eigenvalue weighted by atomic mass is 35.5. The highest BCUT2D eigenvalue weighted by Gasteiger charge is 2.23. The number of methoxy groups -OCH3 is 1. The Morgan fingerprint density at radius 3 is 2.88 bits per heavy atom. The molecule has 4 rings (SSSR count). The van der Waals surface area contributed by atoms with Crippen molar-refractivity contribution in [1.29, 1.82) is 0 Å². The van der Waals surface area contributed by atoms with E-state index in [4.69, 9.17) is 21.3 Å². The standard InChI is InChI=1S/C22H21ClN4O2S2.ClH/c1-29-18-8-7-17(23)20-19(18)25-22(31-20)27(11-4-10-26-12-9-24-14-26)21(28)15-5-3-6-16(13-15)30-2;/h3,5-9,12-14H,4,10-11H2,1-2H3;1H. The Hall–Kier alpha value is -2.26. The third-order valence-electron chi connectivity index (χ3n) is 4.82. The first-order valence-electron chi connectivity index (χ1n) is 9.65. The van der Waals surface area contributed by atoms with Gasteiger partial charge in [0.15, 0.2) is 5.13 Å². The molecule has 1 amide bonds. The number of thioether (sulfide) groups is 1. The fourth-order valence-electron chi connectivity index (χ4n) is 3.25. The van der Waals surface area contributed by atoms with E-state index in [1.165, 1.54) is 11.3 Å². The van der Waals surface area contributed by atoms with Gasteiger partial charge in [0.2, 0.25) is 0 Å². The third kappa shape index (κ3) is 5.20. The molecule has 0 atom stereocenters. The van der Waals surface area contributed by atoms with Crippen LogP contribution in [0.25, 0.3) is 10.2 Å². The number of benzene rings is 2. The first-order valence-corrected chi connectivity index (χ1v) is 12.1. The minimum atomic E-state index is -0.0873.